The van der Waals surface area contributed by atoms with Gasteiger partial charge in [0.1, 0.15) is 0 Å². The van der Waals surface area contributed by atoms with E-state index in [4.69, 9.17) is 0 Å². The quantitative estimate of drug-likeness (QED) is 0.781. The number of rotatable bonds is 7. The SMILES string of the molecule is CNCCC1CCN(S(=O)(=O)CCC2CC2)CC1.Cl. The van der Waals surface area contributed by atoms with Gasteiger partial charge in [-0.05, 0) is 51.1 Å². The highest BCUT2D eigenvalue weighted by Gasteiger charge is 2.30. The van der Waals surface area contributed by atoms with Gasteiger partial charge in [0.25, 0.3) is 0 Å². The molecule has 4 nitrogen and oxygen atoms in total. The first-order valence-corrected chi connectivity index (χ1v) is 8.85. The minimum absolute atomic E-state index is 0. The Labute approximate surface area is 123 Å². The Bertz CT molecular complexity index is 350. The van der Waals surface area contributed by atoms with E-state index >= 15 is 0 Å². The van der Waals surface area contributed by atoms with Gasteiger partial charge in [0, 0.05) is 13.1 Å². The Morgan fingerprint density at radius 1 is 1.05 bits per heavy atom. The van der Waals surface area contributed by atoms with Crippen LogP contribution in [0.1, 0.15) is 38.5 Å². The number of hydrogen-bond donors (Lipinski definition) is 1. The molecular weight excluding hydrogens is 284 g/mol. The predicted octanol–water partition coefficient (Wildman–Crippen LogP) is 1.86. The van der Waals surface area contributed by atoms with Crippen molar-refractivity contribution in [2.75, 3.05) is 32.4 Å². The van der Waals surface area contributed by atoms with Crippen molar-refractivity contribution in [2.45, 2.75) is 38.5 Å². The zero-order valence-corrected chi connectivity index (χ0v) is 13.4. The fourth-order valence-electron chi connectivity index (χ4n) is 2.68. The molecule has 1 heterocycles. The van der Waals surface area contributed by atoms with E-state index in [1.165, 1.54) is 19.3 Å². The summed E-state index contributed by atoms with van der Waals surface area (Å²) in [6.45, 7) is 2.52. The molecule has 1 saturated heterocycles. The van der Waals surface area contributed by atoms with E-state index in [1.807, 2.05) is 7.05 Å². The summed E-state index contributed by atoms with van der Waals surface area (Å²) >= 11 is 0. The summed E-state index contributed by atoms with van der Waals surface area (Å²) in [6.07, 6.45) is 6.59. The Hall–Kier alpha value is 0.160. The largest absolute Gasteiger partial charge is 0.320 e. The van der Waals surface area contributed by atoms with E-state index in [1.54, 1.807) is 4.31 Å². The minimum Gasteiger partial charge on any atom is -0.320 e. The van der Waals surface area contributed by atoms with Crippen LogP contribution in [0.15, 0.2) is 0 Å². The molecule has 1 aliphatic carbocycles. The van der Waals surface area contributed by atoms with E-state index in [0.29, 0.717) is 17.6 Å². The van der Waals surface area contributed by atoms with E-state index < -0.39 is 10.0 Å². The van der Waals surface area contributed by atoms with Crippen LogP contribution in [0.4, 0.5) is 0 Å². The zero-order chi connectivity index (χ0) is 13.0. The number of nitrogens with one attached hydrogen (secondary N) is 1. The average Bonchev–Trinajstić information content (AvgIpc) is 3.19. The number of halogens is 1. The second-order valence-electron chi connectivity index (χ2n) is 5.78. The Morgan fingerprint density at radius 2 is 1.63 bits per heavy atom. The van der Waals surface area contributed by atoms with E-state index in [0.717, 1.165) is 38.9 Å². The fraction of sp³-hybridized carbons (Fsp3) is 1.00. The van der Waals surface area contributed by atoms with E-state index in [9.17, 15) is 8.42 Å². The molecule has 114 valence electrons. The lowest BCUT2D eigenvalue weighted by Crippen LogP contribution is -2.40. The summed E-state index contributed by atoms with van der Waals surface area (Å²) in [6, 6.07) is 0. The Balaban J connectivity index is 0.00000180. The number of hydrogen-bond acceptors (Lipinski definition) is 3. The fourth-order valence-corrected chi connectivity index (χ4v) is 4.33. The third-order valence-corrected chi connectivity index (χ3v) is 6.15. The third kappa shape index (κ3) is 5.58. The summed E-state index contributed by atoms with van der Waals surface area (Å²) in [5.41, 5.74) is 0. The van der Waals surface area contributed by atoms with E-state index in [2.05, 4.69) is 5.32 Å². The van der Waals surface area contributed by atoms with Gasteiger partial charge in [-0.25, -0.2) is 12.7 Å². The molecule has 0 radical (unpaired) electrons. The van der Waals surface area contributed by atoms with Crippen LogP contribution in [0.3, 0.4) is 0 Å². The van der Waals surface area contributed by atoms with Crippen LogP contribution in [-0.2, 0) is 10.0 Å². The molecule has 0 spiro atoms. The van der Waals surface area contributed by atoms with Crippen molar-refractivity contribution in [2.24, 2.45) is 11.8 Å². The molecule has 2 fully saturated rings. The smallest absolute Gasteiger partial charge is 0.214 e. The zero-order valence-electron chi connectivity index (χ0n) is 11.8. The average molecular weight is 311 g/mol. The van der Waals surface area contributed by atoms with Crippen molar-refractivity contribution in [3.8, 4) is 0 Å². The van der Waals surface area contributed by atoms with Crippen molar-refractivity contribution in [1.29, 1.82) is 0 Å². The first kappa shape index (κ1) is 17.2. The predicted molar refractivity (Wildman–Crippen MR) is 81.2 cm³/mol. The number of nitrogens with zero attached hydrogens (tertiary/aromatic N) is 1. The minimum atomic E-state index is -2.96. The van der Waals surface area contributed by atoms with Crippen molar-refractivity contribution in [3.63, 3.8) is 0 Å². The van der Waals surface area contributed by atoms with Crippen molar-refractivity contribution in [1.82, 2.24) is 9.62 Å². The number of piperidine rings is 1. The van der Waals surface area contributed by atoms with E-state index in [-0.39, 0.29) is 12.4 Å². The molecular formula is C13H27ClN2O2S. The second kappa shape index (κ2) is 7.81. The highest BCUT2D eigenvalue weighted by molar-refractivity contribution is 7.89. The summed E-state index contributed by atoms with van der Waals surface area (Å²) in [5.74, 6) is 1.78. The summed E-state index contributed by atoms with van der Waals surface area (Å²) < 4.78 is 26.0. The molecule has 0 unspecified atom stereocenters. The van der Waals surface area contributed by atoms with Gasteiger partial charge in [0.2, 0.25) is 10.0 Å². The first-order chi connectivity index (χ1) is 8.62. The summed E-state index contributed by atoms with van der Waals surface area (Å²) in [5, 5.41) is 3.16. The van der Waals surface area contributed by atoms with Crippen molar-refractivity contribution >= 4 is 22.4 Å². The van der Waals surface area contributed by atoms with Crippen LogP contribution in [0.25, 0.3) is 0 Å². The van der Waals surface area contributed by atoms with Crippen LogP contribution >= 0.6 is 12.4 Å². The molecule has 0 bridgehead atoms. The molecule has 0 aromatic heterocycles. The van der Waals surface area contributed by atoms with Crippen LogP contribution in [-0.4, -0.2) is 45.2 Å². The van der Waals surface area contributed by atoms with Gasteiger partial charge >= 0.3 is 0 Å². The Kier molecular flexibility index (Phi) is 7.08. The third-order valence-electron chi connectivity index (χ3n) is 4.25. The molecule has 2 rings (SSSR count). The maximum absolute atomic E-state index is 12.2. The highest BCUT2D eigenvalue weighted by atomic mass is 35.5. The monoisotopic (exact) mass is 310 g/mol. The van der Waals surface area contributed by atoms with Gasteiger partial charge in [-0.3, -0.25) is 0 Å². The number of sulfonamides is 1. The lowest BCUT2D eigenvalue weighted by molar-refractivity contribution is 0.263. The molecule has 1 aliphatic heterocycles. The van der Waals surface area contributed by atoms with Gasteiger partial charge in [-0.1, -0.05) is 12.8 Å². The van der Waals surface area contributed by atoms with Gasteiger partial charge in [0.05, 0.1) is 5.75 Å². The lowest BCUT2D eigenvalue weighted by atomic mass is 9.95. The topological polar surface area (TPSA) is 49.4 Å². The molecule has 1 saturated carbocycles. The van der Waals surface area contributed by atoms with Gasteiger partial charge in [-0.2, -0.15) is 0 Å². The molecule has 0 aromatic carbocycles. The normalized spacial score (nSPS) is 22.2. The van der Waals surface area contributed by atoms with Crippen molar-refractivity contribution in [3.05, 3.63) is 0 Å². The van der Waals surface area contributed by atoms with Crippen LogP contribution in [0, 0.1) is 11.8 Å². The van der Waals surface area contributed by atoms with Gasteiger partial charge < -0.3 is 5.32 Å². The first-order valence-electron chi connectivity index (χ1n) is 7.24. The van der Waals surface area contributed by atoms with Crippen LogP contribution in [0.2, 0.25) is 0 Å². The van der Waals surface area contributed by atoms with Gasteiger partial charge in [0.15, 0.2) is 0 Å². The molecule has 2 aliphatic rings. The summed E-state index contributed by atoms with van der Waals surface area (Å²) in [7, 11) is -0.995. The molecule has 0 aromatic rings. The van der Waals surface area contributed by atoms with Crippen molar-refractivity contribution < 1.29 is 8.42 Å². The highest BCUT2D eigenvalue weighted by Crippen LogP contribution is 2.33. The van der Waals surface area contributed by atoms with Gasteiger partial charge in [-0.15, -0.1) is 12.4 Å². The Morgan fingerprint density at radius 3 is 2.16 bits per heavy atom. The molecule has 0 atom stereocenters. The molecule has 19 heavy (non-hydrogen) atoms. The maximum atomic E-state index is 12.2. The lowest BCUT2D eigenvalue weighted by Gasteiger charge is -2.31. The van der Waals surface area contributed by atoms with Crippen LogP contribution in [0.5, 0.6) is 0 Å². The molecule has 1 N–H and O–H groups in total. The second-order valence-corrected chi connectivity index (χ2v) is 7.87. The maximum Gasteiger partial charge on any atom is 0.214 e. The van der Waals surface area contributed by atoms with Crippen LogP contribution < -0.4 is 5.32 Å². The summed E-state index contributed by atoms with van der Waals surface area (Å²) in [4.78, 5) is 0. The molecule has 0 amide bonds. The molecule has 6 heteroatoms. The standard InChI is InChI=1S/C13H26N2O2S.ClH/c1-14-8-4-13-5-9-15(10-6-13)18(16,17)11-7-12-2-3-12;/h12-14H,2-11H2,1H3;1H.